The van der Waals surface area contributed by atoms with E-state index in [0.29, 0.717) is 12.0 Å². The van der Waals surface area contributed by atoms with Crippen molar-refractivity contribution in [3.63, 3.8) is 0 Å². The molecule has 0 saturated carbocycles. The maximum absolute atomic E-state index is 9.07. The van der Waals surface area contributed by atoms with Crippen molar-refractivity contribution >= 4 is 5.69 Å². The van der Waals surface area contributed by atoms with Crippen molar-refractivity contribution in [3.05, 3.63) is 29.8 Å². The summed E-state index contributed by atoms with van der Waals surface area (Å²) in [6.07, 6.45) is 0. The summed E-state index contributed by atoms with van der Waals surface area (Å²) in [5.74, 6) is 0.602. The van der Waals surface area contributed by atoms with Crippen molar-refractivity contribution in [3.8, 4) is 6.07 Å². The highest BCUT2D eigenvalue weighted by Gasteiger charge is 2.19. The van der Waals surface area contributed by atoms with E-state index in [1.807, 2.05) is 38.1 Å². The number of nitrogens with one attached hydrogen (secondary N) is 1. The van der Waals surface area contributed by atoms with Gasteiger partial charge in [0.05, 0.1) is 11.5 Å². The van der Waals surface area contributed by atoms with Gasteiger partial charge in [-0.05, 0) is 44.4 Å². The van der Waals surface area contributed by atoms with Crippen LogP contribution < -0.4 is 5.32 Å². The number of hydrogen-bond acceptors (Lipinski definition) is 2. The quantitative estimate of drug-likeness (QED) is 0.850. The minimum absolute atomic E-state index is 0.414. The second-order valence-electron chi connectivity index (χ2n) is 5.49. The van der Waals surface area contributed by atoms with Crippen LogP contribution in [0, 0.1) is 17.2 Å². The predicted molar refractivity (Wildman–Crippen MR) is 73.0 cm³/mol. The average molecular weight is 230 g/mol. The fourth-order valence-corrected chi connectivity index (χ4v) is 1.48. The van der Waals surface area contributed by atoms with Crippen LogP contribution in [0.4, 0.5) is 5.69 Å². The Morgan fingerprint density at radius 1 is 1.12 bits per heavy atom. The van der Waals surface area contributed by atoms with Gasteiger partial charge in [-0.15, -0.1) is 0 Å². The molecule has 0 aliphatic heterocycles. The normalized spacial score (nSPS) is 13.2. The van der Waals surface area contributed by atoms with Crippen LogP contribution in [0.1, 0.15) is 40.2 Å². The van der Waals surface area contributed by atoms with E-state index in [1.54, 1.807) is 0 Å². The Morgan fingerprint density at radius 3 is 2.06 bits per heavy atom. The van der Waals surface area contributed by atoms with E-state index in [0.717, 1.165) is 11.3 Å². The fraction of sp³-hybridized carbons (Fsp3) is 0.533. The Balaban J connectivity index is 2.80. The number of anilines is 1. The third-order valence-corrected chi connectivity index (χ3v) is 3.28. The molecule has 0 aromatic heterocycles. The fourth-order valence-electron chi connectivity index (χ4n) is 1.48. The predicted octanol–water partition coefficient (Wildman–Crippen LogP) is 3.94. The van der Waals surface area contributed by atoms with Crippen molar-refractivity contribution in [1.29, 1.82) is 5.26 Å². The van der Waals surface area contributed by atoms with E-state index in [-0.39, 0.29) is 0 Å². The molecule has 1 N–H and O–H groups in total. The SMILES string of the molecule is CC(C)C(C)Nc1ccc(C(C)(C)C#N)cc1. The molecule has 0 amide bonds. The van der Waals surface area contributed by atoms with Crippen molar-refractivity contribution in [1.82, 2.24) is 0 Å². The summed E-state index contributed by atoms with van der Waals surface area (Å²) in [7, 11) is 0. The van der Waals surface area contributed by atoms with Crippen LogP contribution >= 0.6 is 0 Å². The van der Waals surface area contributed by atoms with Gasteiger partial charge in [0.1, 0.15) is 0 Å². The molecule has 0 aliphatic rings. The zero-order chi connectivity index (χ0) is 13.1. The number of hydrogen-bond donors (Lipinski definition) is 1. The first-order valence-electron chi connectivity index (χ1n) is 6.15. The maximum atomic E-state index is 9.07. The molecule has 2 heteroatoms. The van der Waals surface area contributed by atoms with Gasteiger partial charge >= 0.3 is 0 Å². The summed E-state index contributed by atoms with van der Waals surface area (Å²) in [6, 6.07) is 10.9. The van der Waals surface area contributed by atoms with Gasteiger partial charge in [0.2, 0.25) is 0 Å². The van der Waals surface area contributed by atoms with Gasteiger partial charge in [-0.25, -0.2) is 0 Å². The summed E-state index contributed by atoms with van der Waals surface area (Å²) >= 11 is 0. The maximum Gasteiger partial charge on any atom is 0.0766 e. The molecule has 92 valence electrons. The molecule has 2 nitrogen and oxygen atoms in total. The lowest BCUT2D eigenvalue weighted by molar-refractivity contribution is 0.560. The minimum atomic E-state index is -0.414. The third kappa shape index (κ3) is 3.49. The van der Waals surface area contributed by atoms with E-state index in [4.69, 9.17) is 5.26 Å². The van der Waals surface area contributed by atoms with Crippen LogP contribution in [0.15, 0.2) is 24.3 Å². The van der Waals surface area contributed by atoms with Gasteiger partial charge in [0, 0.05) is 11.7 Å². The Morgan fingerprint density at radius 2 is 1.65 bits per heavy atom. The van der Waals surface area contributed by atoms with Crippen molar-refractivity contribution < 1.29 is 0 Å². The zero-order valence-electron chi connectivity index (χ0n) is 11.4. The van der Waals surface area contributed by atoms with E-state index in [2.05, 4.69) is 32.2 Å². The molecule has 1 atom stereocenters. The highest BCUT2D eigenvalue weighted by molar-refractivity contribution is 5.47. The lowest BCUT2D eigenvalue weighted by atomic mass is 9.86. The number of nitriles is 1. The van der Waals surface area contributed by atoms with Crippen LogP contribution in [0.25, 0.3) is 0 Å². The first kappa shape index (κ1) is 13.6. The molecule has 0 bridgehead atoms. The van der Waals surface area contributed by atoms with Crippen LogP contribution in [-0.4, -0.2) is 6.04 Å². The smallest absolute Gasteiger partial charge is 0.0766 e. The first-order chi connectivity index (χ1) is 7.86. The molecule has 0 aliphatic carbocycles. The molecule has 0 fully saturated rings. The Kier molecular flexibility index (Phi) is 4.17. The molecular formula is C15H22N2. The standard InChI is InChI=1S/C15H22N2/c1-11(2)12(3)17-14-8-6-13(7-9-14)15(4,5)10-16/h6-9,11-12,17H,1-5H3. The Hall–Kier alpha value is -1.49. The Bertz CT molecular complexity index is 396. The monoisotopic (exact) mass is 230 g/mol. The molecule has 0 spiro atoms. The van der Waals surface area contributed by atoms with Crippen LogP contribution in [0.5, 0.6) is 0 Å². The zero-order valence-corrected chi connectivity index (χ0v) is 11.4. The highest BCUT2D eigenvalue weighted by Crippen LogP contribution is 2.24. The molecule has 17 heavy (non-hydrogen) atoms. The third-order valence-electron chi connectivity index (χ3n) is 3.28. The van der Waals surface area contributed by atoms with Gasteiger partial charge in [-0.3, -0.25) is 0 Å². The van der Waals surface area contributed by atoms with E-state index < -0.39 is 5.41 Å². The molecule has 1 rings (SSSR count). The van der Waals surface area contributed by atoms with Gasteiger partial charge < -0.3 is 5.32 Å². The summed E-state index contributed by atoms with van der Waals surface area (Å²) in [6.45, 7) is 10.5. The number of benzene rings is 1. The first-order valence-corrected chi connectivity index (χ1v) is 6.15. The van der Waals surface area contributed by atoms with E-state index in [9.17, 15) is 0 Å². The van der Waals surface area contributed by atoms with Gasteiger partial charge in [-0.2, -0.15) is 5.26 Å². The van der Waals surface area contributed by atoms with Crippen LogP contribution in [0.2, 0.25) is 0 Å². The Labute approximate surface area is 105 Å². The van der Waals surface area contributed by atoms with Crippen molar-refractivity contribution in [2.45, 2.75) is 46.1 Å². The second-order valence-corrected chi connectivity index (χ2v) is 5.49. The summed E-state index contributed by atoms with van der Waals surface area (Å²) < 4.78 is 0. The summed E-state index contributed by atoms with van der Waals surface area (Å²) in [4.78, 5) is 0. The molecule has 1 unspecified atom stereocenters. The van der Waals surface area contributed by atoms with E-state index >= 15 is 0 Å². The molecule has 0 saturated heterocycles. The largest absolute Gasteiger partial charge is 0.382 e. The molecule has 0 radical (unpaired) electrons. The summed E-state index contributed by atoms with van der Waals surface area (Å²) in [5.41, 5.74) is 1.76. The minimum Gasteiger partial charge on any atom is -0.382 e. The average Bonchev–Trinajstić information content (AvgIpc) is 2.29. The topological polar surface area (TPSA) is 35.8 Å². The van der Waals surface area contributed by atoms with Gasteiger partial charge in [0.15, 0.2) is 0 Å². The second kappa shape index (κ2) is 5.23. The molecule has 1 aromatic rings. The summed E-state index contributed by atoms with van der Waals surface area (Å²) in [5, 5.41) is 12.5. The lowest BCUT2D eigenvalue weighted by Crippen LogP contribution is -2.21. The molecule has 1 aromatic carbocycles. The van der Waals surface area contributed by atoms with E-state index in [1.165, 1.54) is 0 Å². The lowest BCUT2D eigenvalue weighted by Gasteiger charge is -2.20. The van der Waals surface area contributed by atoms with Crippen molar-refractivity contribution in [2.24, 2.45) is 5.92 Å². The molecule has 0 heterocycles. The van der Waals surface area contributed by atoms with Crippen LogP contribution in [-0.2, 0) is 5.41 Å². The van der Waals surface area contributed by atoms with Gasteiger partial charge in [0.25, 0.3) is 0 Å². The van der Waals surface area contributed by atoms with Gasteiger partial charge in [-0.1, -0.05) is 26.0 Å². The highest BCUT2D eigenvalue weighted by atomic mass is 14.9. The van der Waals surface area contributed by atoms with Crippen molar-refractivity contribution in [2.75, 3.05) is 5.32 Å². The molecular weight excluding hydrogens is 208 g/mol. The number of rotatable bonds is 4. The van der Waals surface area contributed by atoms with Crippen LogP contribution in [0.3, 0.4) is 0 Å². The number of nitrogens with zero attached hydrogens (tertiary/aromatic N) is 1.